The predicted octanol–water partition coefficient (Wildman–Crippen LogP) is 2.82. The van der Waals surface area contributed by atoms with Crippen molar-refractivity contribution >= 4 is 5.91 Å². The van der Waals surface area contributed by atoms with Crippen LogP contribution in [0.15, 0.2) is 34.9 Å². The molecule has 3 rings (SSSR count). The van der Waals surface area contributed by atoms with E-state index in [-0.39, 0.29) is 23.9 Å². The second kappa shape index (κ2) is 7.78. The molecule has 1 aromatic heterocycles. The first-order chi connectivity index (χ1) is 12.0. The molecular weight excluding hydrogens is 316 g/mol. The lowest BCUT2D eigenvalue weighted by Crippen LogP contribution is -2.46. The molecule has 0 unspecified atom stereocenters. The van der Waals surface area contributed by atoms with E-state index in [0.717, 1.165) is 31.5 Å². The van der Waals surface area contributed by atoms with Crippen LogP contribution in [0, 0.1) is 6.92 Å². The zero-order chi connectivity index (χ0) is 17.8. The molecule has 134 valence electrons. The first kappa shape index (κ1) is 17.6. The summed E-state index contributed by atoms with van der Waals surface area (Å²) >= 11 is 0. The van der Waals surface area contributed by atoms with Crippen molar-refractivity contribution in [1.29, 1.82) is 0 Å². The predicted molar refractivity (Wildman–Crippen MR) is 95.0 cm³/mol. The summed E-state index contributed by atoms with van der Waals surface area (Å²) in [5.74, 6) is 1.55. The number of aromatic nitrogens is 2. The van der Waals surface area contributed by atoms with Crippen LogP contribution in [0.3, 0.4) is 0 Å². The van der Waals surface area contributed by atoms with E-state index in [9.17, 15) is 4.79 Å². The van der Waals surface area contributed by atoms with Crippen LogP contribution in [0.1, 0.15) is 55.9 Å². The van der Waals surface area contributed by atoms with Crippen molar-refractivity contribution < 1.29 is 9.32 Å². The fraction of sp³-hybridized carbons (Fsp3) is 0.526. The van der Waals surface area contributed by atoms with Gasteiger partial charge in [0, 0.05) is 12.6 Å². The molecule has 1 N–H and O–H groups in total. The summed E-state index contributed by atoms with van der Waals surface area (Å²) < 4.78 is 5.37. The average Bonchev–Trinajstić information content (AvgIpc) is 3.02. The van der Waals surface area contributed by atoms with E-state index < -0.39 is 0 Å². The normalized spacial score (nSPS) is 19.8. The third-order valence-corrected chi connectivity index (χ3v) is 4.51. The maximum Gasteiger partial charge on any atom is 0.242 e. The molecule has 6 heteroatoms. The van der Waals surface area contributed by atoms with Crippen LogP contribution in [0.2, 0.25) is 0 Å². The maximum absolute atomic E-state index is 12.9. The van der Waals surface area contributed by atoms with Gasteiger partial charge in [0.1, 0.15) is 6.04 Å². The third-order valence-electron chi connectivity index (χ3n) is 4.51. The molecule has 1 amide bonds. The Bertz CT molecular complexity index is 698. The standard InChI is InChI=1S/C19H26N4O2/c1-13(2)20-18(24)17(15-8-5-4-6-9-15)23-11-7-10-16(12-23)19-21-14(3)22-25-19/h4-6,8-9,13,16-17H,7,10-12H2,1-3H3,(H,20,24)/t16-,17-/m1/s1. The van der Waals surface area contributed by atoms with Gasteiger partial charge in [-0.1, -0.05) is 35.5 Å². The summed E-state index contributed by atoms with van der Waals surface area (Å²) in [7, 11) is 0. The number of rotatable bonds is 5. The monoisotopic (exact) mass is 342 g/mol. The van der Waals surface area contributed by atoms with E-state index in [1.54, 1.807) is 0 Å². The Morgan fingerprint density at radius 3 is 2.72 bits per heavy atom. The first-order valence-electron chi connectivity index (χ1n) is 8.94. The van der Waals surface area contributed by atoms with Crippen LogP contribution in [-0.4, -0.2) is 40.1 Å². The Kier molecular flexibility index (Phi) is 5.48. The molecule has 2 atom stereocenters. The van der Waals surface area contributed by atoms with Crippen LogP contribution in [-0.2, 0) is 4.79 Å². The van der Waals surface area contributed by atoms with E-state index in [4.69, 9.17) is 4.52 Å². The van der Waals surface area contributed by atoms with Crippen LogP contribution in [0.25, 0.3) is 0 Å². The van der Waals surface area contributed by atoms with Gasteiger partial charge in [-0.2, -0.15) is 4.98 Å². The number of carbonyl (C=O) groups excluding carboxylic acids is 1. The number of carbonyl (C=O) groups is 1. The summed E-state index contributed by atoms with van der Waals surface area (Å²) in [5.41, 5.74) is 1.02. The molecule has 0 saturated carbocycles. The number of benzene rings is 1. The number of amides is 1. The van der Waals surface area contributed by atoms with Gasteiger partial charge < -0.3 is 9.84 Å². The van der Waals surface area contributed by atoms with Crippen molar-refractivity contribution in [2.24, 2.45) is 0 Å². The largest absolute Gasteiger partial charge is 0.352 e. The molecule has 2 aromatic rings. The Morgan fingerprint density at radius 1 is 1.32 bits per heavy atom. The van der Waals surface area contributed by atoms with Gasteiger partial charge in [-0.05, 0) is 45.7 Å². The minimum absolute atomic E-state index is 0.0450. The van der Waals surface area contributed by atoms with Crippen molar-refractivity contribution in [2.45, 2.75) is 51.6 Å². The number of nitrogens with one attached hydrogen (secondary N) is 1. The highest BCUT2D eigenvalue weighted by Gasteiger charge is 2.34. The zero-order valence-electron chi connectivity index (χ0n) is 15.1. The molecule has 25 heavy (non-hydrogen) atoms. The van der Waals surface area contributed by atoms with Crippen molar-refractivity contribution in [3.63, 3.8) is 0 Å². The second-order valence-electron chi connectivity index (χ2n) is 6.99. The van der Waals surface area contributed by atoms with Gasteiger partial charge in [-0.25, -0.2) is 0 Å². The van der Waals surface area contributed by atoms with Crippen LogP contribution >= 0.6 is 0 Å². The minimum atomic E-state index is -0.296. The van der Waals surface area contributed by atoms with Crippen molar-refractivity contribution in [2.75, 3.05) is 13.1 Å². The lowest BCUT2D eigenvalue weighted by atomic mass is 9.94. The highest BCUT2D eigenvalue weighted by Crippen LogP contribution is 2.31. The molecular formula is C19H26N4O2. The SMILES string of the molecule is Cc1noc([C@@H]2CCCN([C@@H](C(=O)NC(C)C)c3ccccc3)C2)n1. The highest BCUT2D eigenvalue weighted by molar-refractivity contribution is 5.83. The van der Waals surface area contributed by atoms with Crippen molar-refractivity contribution in [3.05, 3.63) is 47.6 Å². The van der Waals surface area contributed by atoms with Crippen LogP contribution in [0.4, 0.5) is 0 Å². The van der Waals surface area contributed by atoms with E-state index in [2.05, 4.69) is 20.4 Å². The van der Waals surface area contributed by atoms with Crippen molar-refractivity contribution in [1.82, 2.24) is 20.4 Å². The number of aryl methyl sites for hydroxylation is 1. The molecule has 1 aliphatic heterocycles. The molecule has 1 fully saturated rings. The van der Waals surface area contributed by atoms with E-state index in [1.807, 2.05) is 51.1 Å². The molecule has 0 spiro atoms. The van der Waals surface area contributed by atoms with E-state index in [1.165, 1.54) is 0 Å². The van der Waals surface area contributed by atoms with Gasteiger partial charge in [0.15, 0.2) is 5.82 Å². The van der Waals surface area contributed by atoms with Gasteiger partial charge in [-0.15, -0.1) is 0 Å². The smallest absolute Gasteiger partial charge is 0.242 e. The molecule has 1 saturated heterocycles. The number of nitrogens with zero attached hydrogens (tertiary/aromatic N) is 3. The summed E-state index contributed by atoms with van der Waals surface area (Å²) in [6.07, 6.45) is 2.01. The Balaban J connectivity index is 1.83. The topological polar surface area (TPSA) is 71.3 Å². The van der Waals surface area contributed by atoms with Crippen LogP contribution < -0.4 is 5.32 Å². The number of hydrogen-bond acceptors (Lipinski definition) is 5. The fourth-order valence-electron chi connectivity index (χ4n) is 3.45. The average molecular weight is 342 g/mol. The highest BCUT2D eigenvalue weighted by atomic mass is 16.5. The number of piperidine rings is 1. The quantitative estimate of drug-likeness (QED) is 0.905. The Labute approximate surface area is 148 Å². The van der Waals surface area contributed by atoms with E-state index in [0.29, 0.717) is 11.7 Å². The molecule has 1 aliphatic rings. The third kappa shape index (κ3) is 4.25. The number of hydrogen-bond donors (Lipinski definition) is 1. The van der Waals surface area contributed by atoms with Crippen LogP contribution in [0.5, 0.6) is 0 Å². The van der Waals surface area contributed by atoms with Gasteiger partial charge in [0.2, 0.25) is 11.8 Å². The lowest BCUT2D eigenvalue weighted by Gasteiger charge is -2.37. The second-order valence-corrected chi connectivity index (χ2v) is 6.99. The molecule has 2 heterocycles. The lowest BCUT2D eigenvalue weighted by molar-refractivity contribution is -0.127. The zero-order valence-corrected chi connectivity index (χ0v) is 15.1. The molecule has 0 radical (unpaired) electrons. The summed E-state index contributed by atoms with van der Waals surface area (Å²) in [6.45, 7) is 7.43. The fourth-order valence-corrected chi connectivity index (χ4v) is 3.45. The summed E-state index contributed by atoms with van der Waals surface area (Å²) in [5, 5.41) is 6.98. The summed E-state index contributed by atoms with van der Waals surface area (Å²) in [6, 6.07) is 9.78. The Morgan fingerprint density at radius 2 is 2.08 bits per heavy atom. The number of likely N-dealkylation sites (tertiary alicyclic amines) is 1. The Hall–Kier alpha value is -2.21. The minimum Gasteiger partial charge on any atom is -0.352 e. The van der Waals surface area contributed by atoms with Gasteiger partial charge in [-0.3, -0.25) is 9.69 Å². The molecule has 1 aromatic carbocycles. The van der Waals surface area contributed by atoms with E-state index >= 15 is 0 Å². The van der Waals surface area contributed by atoms with Crippen molar-refractivity contribution in [3.8, 4) is 0 Å². The van der Waals surface area contributed by atoms with Gasteiger partial charge >= 0.3 is 0 Å². The van der Waals surface area contributed by atoms with Gasteiger partial charge in [0.05, 0.1) is 5.92 Å². The molecule has 0 aliphatic carbocycles. The molecule has 6 nitrogen and oxygen atoms in total. The first-order valence-corrected chi connectivity index (χ1v) is 8.94. The molecule has 0 bridgehead atoms. The maximum atomic E-state index is 12.9. The van der Waals surface area contributed by atoms with Gasteiger partial charge in [0.25, 0.3) is 0 Å². The summed E-state index contributed by atoms with van der Waals surface area (Å²) in [4.78, 5) is 19.5.